The molecule has 128 valence electrons. The number of hydrogen-bond acceptors (Lipinski definition) is 4. The SMILES string of the molecule is O=C(O)[C@@H]1C[C@H]1C(=O)N[C@@H]1CC(=O)N(CCOc2ccccc2)C1. The Hall–Kier alpha value is -2.57. The Kier molecular flexibility index (Phi) is 4.69. The fraction of sp³-hybridized carbons (Fsp3) is 0.471. The third-order valence-electron chi connectivity index (χ3n) is 4.38. The standard InChI is InChI=1S/C17H20N2O5/c20-15-8-11(18-16(21)13-9-14(13)17(22)23)10-19(15)6-7-24-12-4-2-1-3-5-12/h1-5,11,13-14H,6-10H2,(H,18,21)(H,22,23)/t11-,13-,14-/m1/s1. The molecule has 1 heterocycles. The molecule has 1 saturated carbocycles. The Balaban J connectivity index is 1.41. The number of carbonyl (C=O) groups excluding carboxylic acids is 2. The quantitative estimate of drug-likeness (QED) is 0.758. The van der Waals surface area contributed by atoms with Gasteiger partial charge in [0.2, 0.25) is 11.8 Å². The number of carboxylic acids is 1. The van der Waals surface area contributed by atoms with Gasteiger partial charge in [0.1, 0.15) is 12.4 Å². The average molecular weight is 332 g/mol. The van der Waals surface area contributed by atoms with E-state index in [1.165, 1.54) is 0 Å². The summed E-state index contributed by atoms with van der Waals surface area (Å²) in [5, 5.41) is 11.6. The zero-order valence-corrected chi connectivity index (χ0v) is 13.2. The second kappa shape index (κ2) is 6.90. The van der Waals surface area contributed by atoms with Gasteiger partial charge in [0.05, 0.1) is 24.4 Å². The third-order valence-corrected chi connectivity index (χ3v) is 4.38. The Morgan fingerprint density at radius 2 is 2.00 bits per heavy atom. The van der Waals surface area contributed by atoms with E-state index < -0.39 is 17.8 Å². The van der Waals surface area contributed by atoms with E-state index in [1.807, 2.05) is 30.3 Å². The molecule has 0 unspecified atom stereocenters. The van der Waals surface area contributed by atoms with Crippen LogP contribution >= 0.6 is 0 Å². The first-order chi connectivity index (χ1) is 11.5. The van der Waals surface area contributed by atoms with Crippen LogP contribution < -0.4 is 10.1 Å². The summed E-state index contributed by atoms with van der Waals surface area (Å²) >= 11 is 0. The molecule has 1 aromatic rings. The summed E-state index contributed by atoms with van der Waals surface area (Å²) in [6.45, 7) is 1.29. The number of amides is 2. The number of carbonyl (C=O) groups is 3. The highest BCUT2D eigenvalue weighted by Crippen LogP contribution is 2.38. The van der Waals surface area contributed by atoms with E-state index >= 15 is 0 Å². The van der Waals surface area contributed by atoms with Crippen molar-refractivity contribution in [1.29, 1.82) is 0 Å². The van der Waals surface area contributed by atoms with Crippen LogP contribution in [0.25, 0.3) is 0 Å². The molecule has 0 aromatic heterocycles. The number of rotatable bonds is 7. The molecule has 0 spiro atoms. The monoisotopic (exact) mass is 332 g/mol. The molecule has 2 aliphatic rings. The number of aliphatic carboxylic acids is 1. The maximum absolute atomic E-state index is 12.0. The molecule has 3 rings (SSSR count). The first kappa shape index (κ1) is 16.3. The summed E-state index contributed by atoms with van der Waals surface area (Å²) in [6, 6.07) is 9.11. The topological polar surface area (TPSA) is 95.9 Å². The molecule has 1 aliphatic carbocycles. The summed E-state index contributed by atoms with van der Waals surface area (Å²) in [4.78, 5) is 36.4. The van der Waals surface area contributed by atoms with Crippen molar-refractivity contribution < 1.29 is 24.2 Å². The van der Waals surface area contributed by atoms with Gasteiger partial charge < -0.3 is 20.1 Å². The normalized spacial score (nSPS) is 25.4. The molecular weight excluding hydrogens is 312 g/mol. The predicted octanol–water partition coefficient (Wildman–Crippen LogP) is 0.503. The second-order valence-electron chi connectivity index (χ2n) is 6.20. The molecular formula is C17H20N2O5. The van der Waals surface area contributed by atoms with E-state index in [9.17, 15) is 14.4 Å². The highest BCUT2D eigenvalue weighted by Gasteiger charge is 2.49. The zero-order valence-electron chi connectivity index (χ0n) is 13.2. The van der Waals surface area contributed by atoms with Gasteiger partial charge >= 0.3 is 5.97 Å². The fourth-order valence-corrected chi connectivity index (χ4v) is 2.94. The number of likely N-dealkylation sites (tertiary alicyclic amines) is 1. The van der Waals surface area contributed by atoms with Crippen molar-refractivity contribution in [2.24, 2.45) is 11.8 Å². The zero-order chi connectivity index (χ0) is 17.1. The van der Waals surface area contributed by atoms with Crippen molar-refractivity contribution >= 4 is 17.8 Å². The lowest BCUT2D eigenvalue weighted by atomic mass is 10.2. The van der Waals surface area contributed by atoms with Gasteiger partial charge in [-0.1, -0.05) is 18.2 Å². The van der Waals surface area contributed by atoms with Crippen LogP contribution in [0.5, 0.6) is 5.75 Å². The van der Waals surface area contributed by atoms with Gasteiger partial charge in [-0.2, -0.15) is 0 Å². The van der Waals surface area contributed by atoms with Crippen LogP contribution in [0.1, 0.15) is 12.8 Å². The molecule has 2 N–H and O–H groups in total. The first-order valence-corrected chi connectivity index (χ1v) is 8.03. The molecule has 1 aromatic carbocycles. The predicted molar refractivity (Wildman–Crippen MR) is 84.3 cm³/mol. The fourth-order valence-electron chi connectivity index (χ4n) is 2.94. The smallest absolute Gasteiger partial charge is 0.307 e. The van der Waals surface area contributed by atoms with Crippen LogP contribution in [0, 0.1) is 11.8 Å². The van der Waals surface area contributed by atoms with E-state index in [-0.39, 0.29) is 24.3 Å². The summed E-state index contributed by atoms with van der Waals surface area (Å²) < 4.78 is 5.57. The van der Waals surface area contributed by atoms with Crippen LogP contribution in [-0.2, 0) is 14.4 Å². The van der Waals surface area contributed by atoms with E-state index in [1.54, 1.807) is 4.90 Å². The van der Waals surface area contributed by atoms with E-state index in [0.717, 1.165) is 5.75 Å². The molecule has 3 atom stereocenters. The van der Waals surface area contributed by atoms with Crippen molar-refractivity contribution in [1.82, 2.24) is 10.2 Å². The molecule has 2 amide bonds. The molecule has 2 fully saturated rings. The lowest BCUT2D eigenvalue weighted by Crippen LogP contribution is -2.39. The first-order valence-electron chi connectivity index (χ1n) is 8.03. The number of benzene rings is 1. The number of nitrogens with zero attached hydrogens (tertiary/aromatic N) is 1. The average Bonchev–Trinajstić information content (AvgIpc) is 3.29. The van der Waals surface area contributed by atoms with Gasteiger partial charge in [-0.15, -0.1) is 0 Å². The van der Waals surface area contributed by atoms with Gasteiger partial charge in [-0.3, -0.25) is 14.4 Å². The highest BCUT2D eigenvalue weighted by atomic mass is 16.5. The van der Waals surface area contributed by atoms with Gasteiger partial charge in [0.25, 0.3) is 0 Å². The third kappa shape index (κ3) is 3.84. The summed E-state index contributed by atoms with van der Waals surface area (Å²) in [5.74, 6) is -1.49. The molecule has 1 saturated heterocycles. The van der Waals surface area contributed by atoms with Crippen molar-refractivity contribution in [3.05, 3.63) is 30.3 Å². The number of nitrogens with one attached hydrogen (secondary N) is 1. The van der Waals surface area contributed by atoms with Crippen molar-refractivity contribution in [2.75, 3.05) is 19.7 Å². The van der Waals surface area contributed by atoms with Crippen molar-refractivity contribution in [3.63, 3.8) is 0 Å². The van der Waals surface area contributed by atoms with Gasteiger partial charge in [-0.25, -0.2) is 0 Å². The van der Waals surface area contributed by atoms with E-state index in [0.29, 0.717) is 26.1 Å². The molecule has 7 heteroatoms. The van der Waals surface area contributed by atoms with E-state index in [4.69, 9.17) is 9.84 Å². The Labute approximate surface area is 139 Å². The Morgan fingerprint density at radius 1 is 1.25 bits per heavy atom. The number of ether oxygens (including phenoxy) is 1. The van der Waals surface area contributed by atoms with Crippen molar-refractivity contribution in [3.8, 4) is 5.75 Å². The molecule has 7 nitrogen and oxygen atoms in total. The van der Waals surface area contributed by atoms with Crippen LogP contribution in [0.3, 0.4) is 0 Å². The lowest BCUT2D eigenvalue weighted by molar-refractivity contribution is -0.140. The van der Waals surface area contributed by atoms with Crippen LogP contribution in [0.15, 0.2) is 30.3 Å². The van der Waals surface area contributed by atoms with Gasteiger partial charge in [0.15, 0.2) is 0 Å². The van der Waals surface area contributed by atoms with Gasteiger partial charge in [0, 0.05) is 13.0 Å². The molecule has 1 aliphatic heterocycles. The Bertz CT molecular complexity index is 633. The van der Waals surface area contributed by atoms with Crippen LogP contribution in [-0.4, -0.2) is 53.5 Å². The van der Waals surface area contributed by atoms with E-state index in [2.05, 4.69) is 5.32 Å². The molecule has 0 radical (unpaired) electrons. The lowest BCUT2D eigenvalue weighted by Gasteiger charge is -2.17. The summed E-state index contributed by atoms with van der Waals surface area (Å²) in [5.41, 5.74) is 0. The number of hydrogen-bond donors (Lipinski definition) is 2. The van der Waals surface area contributed by atoms with Crippen molar-refractivity contribution in [2.45, 2.75) is 18.9 Å². The maximum Gasteiger partial charge on any atom is 0.307 e. The molecule has 0 bridgehead atoms. The minimum Gasteiger partial charge on any atom is -0.492 e. The van der Waals surface area contributed by atoms with Crippen LogP contribution in [0.4, 0.5) is 0 Å². The molecule has 24 heavy (non-hydrogen) atoms. The number of carboxylic acid groups (broad SMARTS) is 1. The highest BCUT2D eigenvalue weighted by molar-refractivity contribution is 5.90. The van der Waals surface area contributed by atoms with Crippen LogP contribution in [0.2, 0.25) is 0 Å². The minimum atomic E-state index is -0.933. The largest absolute Gasteiger partial charge is 0.492 e. The minimum absolute atomic E-state index is 0.0254. The summed E-state index contributed by atoms with van der Waals surface area (Å²) in [6.07, 6.45) is 0.637. The second-order valence-corrected chi connectivity index (χ2v) is 6.20. The number of para-hydroxylation sites is 1. The maximum atomic E-state index is 12.0. The van der Waals surface area contributed by atoms with Gasteiger partial charge in [-0.05, 0) is 18.6 Å². The summed E-state index contributed by atoms with van der Waals surface area (Å²) in [7, 11) is 0. The Morgan fingerprint density at radius 3 is 2.67 bits per heavy atom.